The lowest BCUT2D eigenvalue weighted by atomic mass is 9.92. The van der Waals surface area contributed by atoms with Gasteiger partial charge in [0.05, 0.1) is 5.54 Å². The van der Waals surface area contributed by atoms with Gasteiger partial charge in [-0.1, -0.05) is 48.6 Å². The second-order valence-electron chi connectivity index (χ2n) is 8.23. The van der Waals surface area contributed by atoms with Gasteiger partial charge in [0.25, 0.3) is 0 Å². The second kappa shape index (κ2) is 8.52. The van der Waals surface area contributed by atoms with E-state index in [0.29, 0.717) is 19.5 Å². The van der Waals surface area contributed by atoms with E-state index in [2.05, 4.69) is 23.3 Å². The Labute approximate surface area is 172 Å². The van der Waals surface area contributed by atoms with Gasteiger partial charge in [0.1, 0.15) is 0 Å². The van der Waals surface area contributed by atoms with Crippen LogP contribution in [0.25, 0.3) is 5.57 Å². The fraction of sp³-hybridized carbons (Fsp3) is 0.333. The molecule has 2 aromatic rings. The van der Waals surface area contributed by atoms with E-state index in [-0.39, 0.29) is 17.9 Å². The number of nitrogens with one attached hydrogen (secondary N) is 2. The van der Waals surface area contributed by atoms with Crippen LogP contribution in [-0.4, -0.2) is 25.0 Å². The van der Waals surface area contributed by atoms with Crippen molar-refractivity contribution < 1.29 is 9.59 Å². The molecule has 0 radical (unpaired) electrons. The summed E-state index contributed by atoms with van der Waals surface area (Å²) in [6, 6.07) is 17.4. The van der Waals surface area contributed by atoms with Crippen molar-refractivity contribution in [3.8, 4) is 0 Å². The molecule has 2 N–H and O–H groups in total. The van der Waals surface area contributed by atoms with E-state index in [1.54, 1.807) is 4.90 Å². The first-order valence-electron chi connectivity index (χ1n) is 9.94. The summed E-state index contributed by atoms with van der Waals surface area (Å²) in [4.78, 5) is 26.6. The standard InChI is InChI=1S/C24H29N3O2/c1-17(2)19-9-8-10-20(14-19)24(3,4)26-23(29)25-15-18-13-22(28)27(16-18)21-11-6-5-7-12-21/h5-12,14,18H,1,13,15-16H2,2-4H3,(H2,25,26,29). The molecule has 1 aliphatic heterocycles. The quantitative estimate of drug-likeness (QED) is 0.771. The monoisotopic (exact) mass is 391 g/mol. The second-order valence-corrected chi connectivity index (χ2v) is 8.23. The van der Waals surface area contributed by atoms with Gasteiger partial charge in [-0.25, -0.2) is 4.79 Å². The summed E-state index contributed by atoms with van der Waals surface area (Å²) >= 11 is 0. The van der Waals surface area contributed by atoms with Gasteiger partial charge in [-0.15, -0.1) is 0 Å². The van der Waals surface area contributed by atoms with Crippen LogP contribution in [0.15, 0.2) is 61.2 Å². The van der Waals surface area contributed by atoms with E-state index in [4.69, 9.17) is 0 Å². The Balaban J connectivity index is 1.55. The largest absolute Gasteiger partial charge is 0.338 e. The number of para-hydroxylation sites is 1. The first-order chi connectivity index (χ1) is 13.8. The Morgan fingerprint density at radius 1 is 1.17 bits per heavy atom. The van der Waals surface area contributed by atoms with Crippen molar-refractivity contribution in [3.05, 3.63) is 72.3 Å². The normalized spacial score (nSPS) is 16.6. The van der Waals surface area contributed by atoms with Crippen molar-refractivity contribution in [2.75, 3.05) is 18.0 Å². The summed E-state index contributed by atoms with van der Waals surface area (Å²) in [5.74, 6) is 0.198. The minimum absolute atomic E-state index is 0.0975. The minimum atomic E-state index is -0.531. The summed E-state index contributed by atoms with van der Waals surface area (Å²) in [6.45, 7) is 11.0. The van der Waals surface area contributed by atoms with E-state index in [0.717, 1.165) is 22.4 Å². The maximum Gasteiger partial charge on any atom is 0.315 e. The van der Waals surface area contributed by atoms with Gasteiger partial charge in [-0.05, 0) is 50.1 Å². The zero-order valence-electron chi connectivity index (χ0n) is 17.4. The molecule has 2 aromatic carbocycles. The van der Waals surface area contributed by atoms with E-state index >= 15 is 0 Å². The number of urea groups is 1. The molecule has 5 nitrogen and oxygen atoms in total. The number of hydrogen-bond donors (Lipinski definition) is 2. The van der Waals surface area contributed by atoms with E-state index in [9.17, 15) is 9.59 Å². The van der Waals surface area contributed by atoms with Gasteiger partial charge in [0, 0.05) is 31.1 Å². The van der Waals surface area contributed by atoms with Crippen LogP contribution in [-0.2, 0) is 10.3 Å². The highest BCUT2D eigenvalue weighted by molar-refractivity contribution is 5.95. The fourth-order valence-electron chi connectivity index (χ4n) is 3.59. The molecule has 1 atom stereocenters. The number of anilines is 1. The van der Waals surface area contributed by atoms with Crippen LogP contribution in [0.5, 0.6) is 0 Å². The molecule has 152 valence electrons. The fourth-order valence-corrected chi connectivity index (χ4v) is 3.59. The lowest BCUT2D eigenvalue weighted by Gasteiger charge is -2.28. The third-order valence-corrected chi connectivity index (χ3v) is 5.33. The van der Waals surface area contributed by atoms with E-state index in [1.165, 1.54) is 0 Å². The molecule has 0 saturated carbocycles. The Morgan fingerprint density at radius 3 is 2.59 bits per heavy atom. The number of nitrogens with zero attached hydrogens (tertiary/aromatic N) is 1. The maximum atomic E-state index is 12.5. The molecule has 1 saturated heterocycles. The van der Waals surface area contributed by atoms with Crippen LogP contribution in [0.4, 0.5) is 10.5 Å². The zero-order chi connectivity index (χ0) is 21.0. The predicted octanol–water partition coefficient (Wildman–Crippen LogP) is 4.31. The molecule has 1 unspecified atom stereocenters. The lowest BCUT2D eigenvalue weighted by Crippen LogP contribution is -2.47. The van der Waals surface area contributed by atoms with Crippen LogP contribution in [0.2, 0.25) is 0 Å². The number of carbonyl (C=O) groups is 2. The van der Waals surface area contributed by atoms with Gasteiger partial charge in [0.15, 0.2) is 0 Å². The van der Waals surface area contributed by atoms with Gasteiger partial charge >= 0.3 is 6.03 Å². The van der Waals surface area contributed by atoms with Crippen LogP contribution < -0.4 is 15.5 Å². The summed E-state index contributed by atoms with van der Waals surface area (Å²) in [7, 11) is 0. The first kappa shape index (κ1) is 20.6. The number of hydrogen-bond acceptors (Lipinski definition) is 2. The lowest BCUT2D eigenvalue weighted by molar-refractivity contribution is -0.117. The Morgan fingerprint density at radius 2 is 1.90 bits per heavy atom. The molecule has 3 amide bonds. The van der Waals surface area contributed by atoms with Crippen molar-refractivity contribution in [1.82, 2.24) is 10.6 Å². The number of rotatable bonds is 6. The highest BCUT2D eigenvalue weighted by Crippen LogP contribution is 2.25. The molecule has 5 heteroatoms. The molecule has 0 aliphatic carbocycles. The summed E-state index contributed by atoms with van der Waals surface area (Å²) in [6.07, 6.45) is 0.444. The molecular weight excluding hydrogens is 362 g/mol. The van der Waals surface area contributed by atoms with Gasteiger partial charge in [0.2, 0.25) is 5.91 Å². The molecule has 0 bridgehead atoms. The van der Waals surface area contributed by atoms with Crippen LogP contribution in [0, 0.1) is 5.92 Å². The topological polar surface area (TPSA) is 61.4 Å². The van der Waals surface area contributed by atoms with E-state index in [1.807, 2.05) is 69.3 Å². The molecule has 3 rings (SSSR count). The van der Waals surface area contributed by atoms with Crippen molar-refractivity contribution in [3.63, 3.8) is 0 Å². The molecule has 1 aliphatic rings. The van der Waals surface area contributed by atoms with Crippen LogP contribution in [0.1, 0.15) is 38.3 Å². The van der Waals surface area contributed by atoms with E-state index < -0.39 is 5.54 Å². The number of amides is 3. The third-order valence-electron chi connectivity index (χ3n) is 5.33. The number of allylic oxidation sites excluding steroid dienone is 1. The van der Waals surface area contributed by atoms with Crippen molar-refractivity contribution in [2.45, 2.75) is 32.7 Å². The van der Waals surface area contributed by atoms with Crippen LogP contribution >= 0.6 is 0 Å². The average molecular weight is 392 g/mol. The summed E-state index contributed by atoms with van der Waals surface area (Å²) in [5, 5.41) is 5.97. The Hall–Kier alpha value is -3.08. The van der Waals surface area contributed by atoms with Crippen molar-refractivity contribution in [1.29, 1.82) is 0 Å². The van der Waals surface area contributed by atoms with Gasteiger partial charge in [-0.2, -0.15) is 0 Å². The van der Waals surface area contributed by atoms with Gasteiger partial charge < -0.3 is 15.5 Å². The minimum Gasteiger partial charge on any atom is -0.338 e. The van der Waals surface area contributed by atoms with Crippen LogP contribution in [0.3, 0.4) is 0 Å². The predicted molar refractivity (Wildman–Crippen MR) is 118 cm³/mol. The number of benzene rings is 2. The number of carbonyl (C=O) groups excluding carboxylic acids is 2. The maximum absolute atomic E-state index is 12.5. The molecular formula is C24H29N3O2. The highest BCUT2D eigenvalue weighted by Gasteiger charge is 2.31. The SMILES string of the molecule is C=C(C)c1cccc(C(C)(C)NC(=O)NCC2CC(=O)N(c3ccccc3)C2)c1. The highest BCUT2D eigenvalue weighted by atomic mass is 16.2. The molecule has 1 heterocycles. The molecule has 1 fully saturated rings. The first-order valence-corrected chi connectivity index (χ1v) is 9.94. The summed E-state index contributed by atoms with van der Waals surface area (Å²) in [5.41, 5.74) is 3.43. The molecule has 0 aromatic heterocycles. The Kier molecular flexibility index (Phi) is 6.06. The average Bonchev–Trinajstić information content (AvgIpc) is 3.07. The van der Waals surface area contributed by atoms with Crippen molar-refractivity contribution >= 4 is 23.2 Å². The zero-order valence-corrected chi connectivity index (χ0v) is 17.4. The smallest absolute Gasteiger partial charge is 0.315 e. The summed E-state index contributed by atoms with van der Waals surface area (Å²) < 4.78 is 0. The molecule has 29 heavy (non-hydrogen) atoms. The third kappa shape index (κ3) is 5.05. The Bertz CT molecular complexity index is 905. The van der Waals surface area contributed by atoms with Crippen molar-refractivity contribution in [2.24, 2.45) is 5.92 Å². The van der Waals surface area contributed by atoms with Gasteiger partial charge in [-0.3, -0.25) is 4.79 Å². The molecule has 0 spiro atoms.